The van der Waals surface area contributed by atoms with Crippen molar-refractivity contribution < 1.29 is 22.7 Å². The molecule has 0 aliphatic carbocycles. The molecule has 0 unspecified atom stereocenters. The van der Waals surface area contributed by atoms with Crippen molar-refractivity contribution in [1.29, 1.82) is 0 Å². The van der Waals surface area contributed by atoms with E-state index in [9.17, 15) is 13.2 Å². The van der Waals surface area contributed by atoms with Gasteiger partial charge in [-0.05, 0) is 36.4 Å². The van der Waals surface area contributed by atoms with Crippen LogP contribution >= 0.6 is 11.6 Å². The average molecular weight is 419 g/mol. The van der Waals surface area contributed by atoms with Crippen LogP contribution in [0.15, 0.2) is 71.9 Å². The van der Waals surface area contributed by atoms with Gasteiger partial charge in [0.25, 0.3) is 10.0 Å². The molecule has 0 saturated carbocycles. The number of esters is 1. The fraction of sp³-hybridized carbons (Fsp3) is 0.0526. The van der Waals surface area contributed by atoms with E-state index in [0.717, 1.165) is 0 Å². The molecule has 0 bridgehead atoms. The standard InChI is InChI=1S/C19H15ClN2O5S/c1-26-17-8-7-14(20)10-18(17)28(24,25)22-15-9-13(11-21-12-15)19(23)27-16-5-3-2-4-6-16/h2-12,22H,1H3. The zero-order valence-corrected chi connectivity index (χ0v) is 16.2. The molecule has 0 saturated heterocycles. The minimum absolute atomic E-state index is 0.0853. The Bertz CT molecular complexity index is 1100. The van der Waals surface area contributed by atoms with Gasteiger partial charge in [-0.15, -0.1) is 0 Å². The number of ether oxygens (including phenoxy) is 2. The number of benzene rings is 2. The molecule has 0 aliphatic heterocycles. The number of carbonyl (C=O) groups excluding carboxylic acids is 1. The zero-order chi connectivity index (χ0) is 20.1. The van der Waals surface area contributed by atoms with Gasteiger partial charge in [-0.2, -0.15) is 0 Å². The lowest BCUT2D eigenvalue weighted by molar-refractivity contribution is 0.0734. The van der Waals surface area contributed by atoms with Gasteiger partial charge < -0.3 is 9.47 Å². The molecule has 9 heteroatoms. The second-order valence-corrected chi connectivity index (χ2v) is 7.65. The number of nitrogens with zero attached hydrogens (tertiary/aromatic N) is 1. The molecule has 0 atom stereocenters. The average Bonchev–Trinajstić information content (AvgIpc) is 2.68. The number of nitrogens with one attached hydrogen (secondary N) is 1. The van der Waals surface area contributed by atoms with Gasteiger partial charge in [-0.1, -0.05) is 29.8 Å². The maximum Gasteiger partial charge on any atom is 0.345 e. The molecule has 144 valence electrons. The summed E-state index contributed by atoms with van der Waals surface area (Å²) in [5.74, 6) is -0.174. The van der Waals surface area contributed by atoms with Crippen LogP contribution in [0.25, 0.3) is 0 Å². The van der Waals surface area contributed by atoms with Crippen LogP contribution in [-0.2, 0) is 10.0 Å². The van der Waals surface area contributed by atoms with E-state index in [1.54, 1.807) is 30.3 Å². The Kier molecular flexibility index (Phi) is 5.81. The van der Waals surface area contributed by atoms with E-state index in [0.29, 0.717) is 5.75 Å². The van der Waals surface area contributed by atoms with Crippen molar-refractivity contribution in [3.63, 3.8) is 0 Å². The molecule has 2 aromatic carbocycles. The molecule has 0 radical (unpaired) electrons. The summed E-state index contributed by atoms with van der Waals surface area (Å²) in [6, 6.07) is 14.1. The van der Waals surface area contributed by atoms with Gasteiger partial charge >= 0.3 is 5.97 Å². The maximum absolute atomic E-state index is 12.7. The number of aromatic nitrogens is 1. The minimum atomic E-state index is -4.03. The van der Waals surface area contributed by atoms with E-state index in [4.69, 9.17) is 21.1 Å². The number of para-hydroxylation sites is 1. The summed E-state index contributed by atoms with van der Waals surface area (Å²) < 4.78 is 38.1. The summed E-state index contributed by atoms with van der Waals surface area (Å²) in [5.41, 5.74) is 0.173. The third-order valence-corrected chi connectivity index (χ3v) is 5.23. The summed E-state index contributed by atoms with van der Waals surface area (Å²) >= 11 is 5.91. The van der Waals surface area contributed by atoms with Crippen molar-refractivity contribution in [2.45, 2.75) is 4.90 Å². The molecule has 7 nitrogen and oxygen atoms in total. The summed E-state index contributed by atoms with van der Waals surface area (Å²) in [5, 5.41) is 0.236. The normalized spacial score (nSPS) is 10.9. The smallest absolute Gasteiger partial charge is 0.345 e. The van der Waals surface area contributed by atoms with E-state index in [1.807, 2.05) is 0 Å². The molecule has 0 fully saturated rings. The van der Waals surface area contributed by atoms with Gasteiger partial charge in [-0.3, -0.25) is 9.71 Å². The van der Waals surface area contributed by atoms with Crippen molar-refractivity contribution in [1.82, 2.24) is 4.98 Å². The van der Waals surface area contributed by atoms with Crippen molar-refractivity contribution in [3.8, 4) is 11.5 Å². The molecule has 1 aromatic heterocycles. The van der Waals surface area contributed by atoms with E-state index in [2.05, 4.69) is 9.71 Å². The first-order valence-electron chi connectivity index (χ1n) is 7.98. The van der Waals surface area contributed by atoms with Crippen LogP contribution in [0.1, 0.15) is 10.4 Å². The SMILES string of the molecule is COc1ccc(Cl)cc1S(=O)(=O)Nc1cncc(C(=O)Oc2ccccc2)c1. The lowest BCUT2D eigenvalue weighted by Crippen LogP contribution is -2.15. The number of hydrogen-bond donors (Lipinski definition) is 1. The molecular weight excluding hydrogens is 404 g/mol. The number of sulfonamides is 1. The topological polar surface area (TPSA) is 94.6 Å². The van der Waals surface area contributed by atoms with E-state index < -0.39 is 16.0 Å². The molecule has 0 amide bonds. The third-order valence-electron chi connectivity index (χ3n) is 3.60. The quantitative estimate of drug-likeness (QED) is 0.483. The number of hydrogen-bond acceptors (Lipinski definition) is 6. The third kappa shape index (κ3) is 4.59. The summed E-state index contributed by atoms with van der Waals surface area (Å²) in [7, 11) is -2.68. The largest absolute Gasteiger partial charge is 0.495 e. The van der Waals surface area contributed by atoms with Gasteiger partial charge in [0.15, 0.2) is 0 Å². The highest BCUT2D eigenvalue weighted by Crippen LogP contribution is 2.28. The molecule has 0 spiro atoms. The Morgan fingerprint density at radius 1 is 1.07 bits per heavy atom. The zero-order valence-electron chi connectivity index (χ0n) is 14.6. The minimum Gasteiger partial charge on any atom is -0.495 e. The Morgan fingerprint density at radius 3 is 2.54 bits per heavy atom. The van der Waals surface area contributed by atoms with Crippen molar-refractivity contribution >= 4 is 33.3 Å². The highest BCUT2D eigenvalue weighted by atomic mass is 35.5. The second-order valence-electron chi connectivity index (χ2n) is 5.57. The lowest BCUT2D eigenvalue weighted by Gasteiger charge is -2.12. The van der Waals surface area contributed by atoms with Crippen LogP contribution < -0.4 is 14.2 Å². The number of methoxy groups -OCH3 is 1. The molecule has 1 heterocycles. The summed E-state index contributed by atoms with van der Waals surface area (Å²) in [4.78, 5) is 16.0. The predicted molar refractivity (Wildman–Crippen MR) is 104 cm³/mol. The van der Waals surface area contributed by atoms with Crippen LogP contribution in [0.3, 0.4) is 0 Å². The van der Waals surface area contributed by atoms with Gasteiger partial charge in [0, 0.05) is 11.2 Å². The number of anilines is 1. The first kappa shape index (κ1) is 19.7. The van der Waals surface area contributed by atoms with Crippen LogP contribution in [0.4, 0.5) is 5.69 Å². The van der Waals surface area contributed by atoms with Crippen LogP contribution in [0.5, 0.6) is 11.5 Å². The molecule has 28 heavy (non-hydrogen) atoms. The van der Waals surface area contributed by atoms with Crippen molar-refractivity contribution in [2.75, 3.05) is 11.8 Å². The van der Waals surface area contributed by atoms with E-state index in [1.165, 1.54) is 43.8 Å². The van der Waals surface area contributed by atoms with Gasteiger partial charge in [0.1, 0.15) is 16.4 Å². The van der Waals surface area contributed by atoms with Gasteiger partial charge in [0.2, 0.25) is 0 Å². The second kappa shape index (κ2) is 8.28. The Morgan fingerprint density at radius 2 is 1.82 bits per heavy atom. The molecule has 3 aromatic rings. The first-order valence-corrected chi connectivity index (χ1v) is 9.84. The Balaban J connectivity index is 1.84. The van der Waals surface area contributed by atoms with Crippen molar-refractivity contribution in [2.24, 2.45) is 0 Å². The Hall–Kier alpha value is -3.10. The first-order chi connectivity index (χ1) is 13.4. The number of halogens is 1. The fourth-order valence-electron chi connectivity index (χ4n) is 2.33. The maximum atomic E-state index is 12.7. The van der Waals surface area contributed by atoms with Crippen molar-refractivity contribution in [3.05, 3.63) is 77.6 Å². The summed E-state index contributed by atoms with van der Waals surface area (Å²) in [6.45, 7) is 0. The van der Waals surface area contributed by atoms with Crippen LogP contribution in [0, 0.1) is 0 Å². The molecule has 1 N–H and O–H groups in total. The molecular formula is C19H15ClN2O5S. The van der Waals surface area contributed by atoms with Crippen LogP contribution in [0.2, 0.25) is 5.02 Å². The predicted octanol–water partition coefficient (Wildman–Crippen LogP) is 3.76. The van der Waals surface area contributed by atoms with Crippen LogP contribution in [-0.4, -0.2) is 26.5 Å². The molecule has 0 aliphatic rings. The number of rotatable bonds is 6. The van der Waals surface area contributed by atoms with E-state index in [-0.39, 0.29) is 26.9 Å². The lowest BCUT2D eigenvalue weighted by atomic mass is 10.2. The van der Waals surface area contributed by atoms with Gasteiger partial charge in [0.05, 0.1) is 24.6 Å². The number of carbonyl (C=O) groups is 1. The highest BCUT2D eigenvalue weighted by Gasteiger charge is 2.21. The highest BCUT2D eigenvalue weighted by molar-refractivity contribution is 7.92. The van der Waals surface area contributed by atoms with Gasteiger partial charge in [-0.25, -0.2) is 13.2 Å². The summed E-state index contributed by atoms with van der Waals surface area (Å²) in [6.07, 6.45) is 2.55. The Labute approximate surface area is 166 Å². The molecule has 3 rings (SSSR count). The number of pyridine rings is 1. The van der Waals surface area contributed by atoms with E-state index >= 15 is 0 Å². The fourth-order valence-corrected chi connectivity index (χ4v) is 3.80. The monoisotopic (exact) mass is 418 g/mol.